The molecule has 21 heavy (non-hydrogen) atoms. The van der Waals surface area contributed by atoms with E-state index in [-0.39, 0.29) is 5.75 Å². The van der Waals surface area contributed by atoms with E-state index in [1.54, 1.807) is 24.3 Å². The molecule has 0 aromatic heterocycles. The van der Waals surface area contributed by atoms with Gasteiger partial charge in [0.2, 0.25) is 10.0 Å². The van der Waals surface area contributed by atoms with Crippen LogP contribution in [0.3, 0.4) is 0 Å². The SMILES string of the molecule is N#Cc1ccc(CS(=O)(=O)NC2(C#N)CCCCC2)cc1. The van der Waals surface area contributed by atoms with Gasteiger partial charge in [-0.15, -0.1) is 0 Å². The van der Waals surface area contributed by atoms with E-state index in [4.69, 9.17) is 5.26 Å². The monoisotopic (exact) mass is 303 g/mol. The molecule has 1 aromatic carbocycles. The predicted molar refractivity (Wildman–Crippen MR) is 78.3 cm³/mol. The summed E-state index contributed by atoms with van der Waals surface area (Å²) in [5.41, 5.74) is 0.138. The van der Waals surface area contributed by atoms with Gasteiger partial charge >= 0.3 is 0 Å². The number of nitrogens with zero attached hydrogens (tertiary/aromatic N) is 2. The lowest BCUT2D eigenvalue weighted by molar-refractivity contribution is 0.338. The average Bonchev–Trinajstić information content (AvgIpc) is 2.48. The summed E-state index contributed by atoms with van der Waals surface area (Å²) in [4.78, 5) is 0. The fourth-order valence-corrected chi connectivity index (χ4v) is 4.17. The first kappa shape index (κ1) is 15.5. The van der Waals surface area contributed by atoms with Gasteiger partial charge in [0.15, 0.2) is 0 Å². The summed E-state index contributed by atoms with van der Waals surface area (Å²) >= 11 is 0. The number of benzene rings is 1. The van der Waals surface area contributed by atoms with E-state index >= 15 is 0 Å². The summed E-state index contributed by atoms with van der Waals surface area (Å²) in [5.74, 6) is -0.178. The normalized spacial score (nSPS) is 17.6. The van der Waals surface area contributed by atoms with Crippen molar-refractivity contribution in [2.24, 2.45) is 0 Å². The van der Waals surface area contributed by atoms with Crippen molar-refractivity contribution in [3.8, 4) is 12.1 Å². The summed E-state index contributed by atoms with van der Waals surface area (Å²) in [6.45, 7) is 0. The van der Waals surface area contributed by atoms with Crippen LogP contribution >= 0.6 is 0 Å². The maximum absolute atomic E-state index is 12.3. The van der Waals surface area contributed by atoms with Gasteiger partial charge in [-0.25, -0.2) is 8.42 Å². The molecule has 0 heterocycles. The van der Waals surface area contributed by atoms with Gasteiger partial charge in [-0.05, 0) is 30.5 Å². The molecule has 5 nitrogen and oxygen atoms in total. The lowest BCUT2D eigenvalue weighted by Crippen LogP contribution is -2.48. The molecule has 0 bridgehead atoms. The van der Waals surface area contributed by atoms with Crippen molar-refractivity contribution in [3.05, 3.63) is 35.4 Å². The Balaban J connectivity index is 2.11. The summed E-state index contributed by atoms with van der Waals surface area (Å²) < 4.78 is 27.1. The van der Waals surface area contributed by atoms with Crippen LogP contribution in [0.15, 0.2) is 24.3 Å². The van der Waals surface area contributed by atoms with Crippen LogP contribution in [0.25, 0.3) is 0 Å². The van der Waals surface area contributed by atoms with Crippen LogP contribution in [0.4, 0.5) is 0 Å². The minimum atomic E-state index is -3.58. The molecule has 0 radical (unpaired) electrons. The highest BCUT2D eigenvalue weighted by atomic mass is 32.2. The summed E-state index contributed by atoms with van der Waals surface area (Å²) in [6.07, 6.45) is 3.91. The fraction of sp³-hybridized carbons (Fsp3) is 0.467. The van der Waals surface area contributed by atoms with Crippen LogP contribution in [0, 0.1) is 22.7 Å². The van der Waals surface area contributed by atoms with Gasteiger partial charge in [0, 0.05) is 0 Å². The number of sulfonamides is 1. The second-order valence-corrected chi connectivity index (χ2v) is 7.15. The van der Waals surface area contributed by atoms with Crippen molar-refractivity contribution >= 4 is 10.0 Å². The molecule has 1 N–H and O–H groups in total. The van der Waals surface area contributed by atoms with E-state index in [2.05, 4.69) is 10.8 Å². The van der Waals surface area contributed by atoms with Crippen LogP contribution in [-0.4, -0.2) is 14.0 Å². The molecule has 110 valence electrons. The lowest BCUT2D eigenvalue weighted by atomic mass is 9.84. The fourth-order valence-electron chi connectivity index (χ4n) is 2.62. The maximum Gasteiger partial charge on any atom is 0.217 e. The smallest absolute Gasteiger partial charge is 0.212 e. The highest BCUT2D eigenvalue weighted by molar-refractivity contribution is 7.88. The molecule has 0 unspecified atom stereocenters. The van der Waals surface area contributed by atoms with Gasteiger partial charge in [-0.3, -0.25) is 0 Å². The molecule has 0 saturated heterocycles. The summed E-state index contributed by atoms with van der Waals surface area (Å²) in [6, 6.07) is 10.6. The van der Waals surface area contributed by atoms with Crippen molar-refractivity contribution in [1.29, 1.82) is 10.5 Å². The number of hydrogen-bond acceptors (Lipinski definition) is 4. The highest BCUT2D eigenvalue weighted by Gasteiger charge is 2.36. The van der Waals surface area contributed by atoms with Crippen LogP contribution in [0.1, 0.15) is 43.2 Å². The van der Waals surface area contributed by atoms with Gasteiger partial charge in [0.1, 0.15) is 5.54 Å². The predicted octanol–water partition coefficient (Wildman–Crippen LogP) is 2.20. The van der Waals surface area contributed by atoms with Crippen LogP contribution in [0.5, 0.6) is 0 Å². The Morgan fingerprint density at radius 1 is 1.10 bits per heavy atom. The van der Waals surface area contributed by atoms with Crippen LogP contribution in [0.2, 0.25) is 0 Å². The molecule has 6 heteroatoms. The average molecular weight is 303 g/mol. The van der Waals surface area contributed by atoms with E-state index < -0.39 is 15.6 Å². The summed E-state index contributed by atoms with van der Waals surface area (Å²) in [7, 11) is -3.58. The van der Waals surface area contributed by atoms with Crippen molar-refractivity contribution in [3.63, 3.8) is 0 Å². The zero-order valence-electron chi connectivity index (χ0n) is 11.7. The molecule has 0 spiro atoms. The molecule has 0 amide bonds. The molecular formula is C15H17N3O2S. The minimum Gasteiger partial charge on any atom is -0.212 e. The van der Waals surface area contributed by atoms with E-state index in [1.165, 1.54) is 0 Å². The second-order valence-electron chi connectivity index (χ2n) is 5.42. The Morgan fingerprint density at radius 2 is 1.71 bits per heavy atom. The van der Waals surface area contributed by atoms with E-state index in [0.717, 1.165) is 19.3 Å². The van der Waals surface area contributed by atoms with E-state index in [0.29, 0.717) is 24.0 Å². The summed E-state index contributed by atoms with van der Waals surface area (Å²) in [5, 5.41) is 18.1. The highest BCUT2D eigenvalue weighted by Crippen LogP contribution is 2.28. The Morgan fingerprint density at radius 3 is 2.24 bits per heavy atom. The Labute approximate surface area is 125 Å². The van der Waals surface area contributed by atoms with Gasteiger partial charge in [0.25, 0.3) is 0 Å². The Bertz CT molecular complexity index is 675. The van der Waals surface area contributed by atoms with Crippen molar-refractivity contribution in [1.82, 2.24) is 4.72 Å². The van der Waals surface area contributed by atoms with Gasteiger partial charge < -0.3 is 0 Å². The number of nitriles is 2. The molecule has 1 aromatic rings. The van der Waals surface area contributed by atoms with Crippen LogP contribution in [-0.2, 0) is 15.8 Å². The minimum absolute atomic E-state index is 0.178. The standard InChI is InChI=1S/C15H17N3O2S/c16-10-13-4-6-14(7-5-13)11-21(19,20)18-15(12-17)8-2-1-3-9-15/h4-7,18H,1-3,8-9,11H2. The van der Waals surface area contributed by atoms with Crippen molar-refractivity contribution in [2.75, 3.05) is 0 Å². The van der Waals surface area contributed by atoms with Gasteiger partial charge in [-0.1, -0.05) is 31.4 Å². The molecule has 0 atom stereocenters. The van der Waals surface area contributed by atoms with Crippen molar-refractivity contribution < 1.29 is 8.42 Å². The quantitative estimate of drug-likeness (QED) is 0.922. The van der Waals surface area contributed by atoms with Gasteiger partial charge in [0.05, 0.1) is 23.5 Å². The third-order valence-electron chi connectivity index (χ3n) is 3.71. The molecule has 1 fully saturated rings. The zero-order chi connectivity index (χ0) is 15.3. The first-order chi connectivity index (χ1) is 9.99. The Hall–Kier alpha value is -1.89. The van der Waals surface area contributed by atoms with E-state index in [9.17, 15) is 13.7 Å². The molecule has 0 aliphatic heterocycles. The molecule has 1 saturated carbocycles. The molecule has 2 rings (SSSR count). The molecule has 1 aliphatic carbocycles. The van der Waals surface area contributed by atoms with Crippen molar-refractivity contribution in [2.45, 2.75) is 43.4 Å². The van der Waals surface area contributed by atoms with Gasteiger partial charge in [-0.2, -0.15) is 15.2 Å². The molecular weight excluding hydrogens is 286 g/mol. The number of hydrogen-bond donors (Lipinski definition) is 1. The largest absolute Gasteiger partial charge is 0.217 e. The second kappa shape index (κ2) is 6.26. The molecule has 1 aliphatic rings. The lowest BCUT2D eigenvalue weighted by Gasteiger charge is -2.31. The number of rotatable bonds is 4. The Kier molecular flexibility index (Phi) is 4.62. The zero-order valence-corrected chi connectivity index (χ0v) is 12.5. The topological polar surface area (TPSA) is 93.8 Å². The first-order valence-corrected chi connectivity index (χ1v) is 8.56. The maximum atomic E-state index is 12.3. The third kappa shape index (κ3) is 4.04. The van der Waals surface area contributed by atoms with E-state index in [1.807, 2.05) is 6.07 Å². The first-order valence-electron chi connectivity index (χ1n) is 6.91. The third-order valence-corrected chi connectivity index (χ3v) is 5.13. The number of nitrogens with one attached hydrogen (secondary N) is 1. The van der Waals surface area contributed by atoms with Crippen LogP contribution < -0.4 is 4.72 Å².